The molecule has 5 nitrogen and oxygen atoms in total. The van der Waals surface area contributed by atoms with Crippen LogP contribution < -0.4 is 5.73 Å². The lowest BCUT2D eigenvalue weighted by molar-refractivity contribution is -0.140. The van der Waals surface area contributed by atoms with Gasteiger partial charge in [0.2, 0.25) is 0 Å². The molecule has 2 rings (SSSR count). The van der Waals surface area contributed by atoms with E-state index < -0.39 is 5.97 Å². The number of benzene rings is 1. The van der Waals surface area contributed by atoms with Gasteiger partial charge in [-0.3, -0.25) is 4.79 Å². The van der Waals surface area contributed by atoms with E-state index in [1.165, 1.54) is 12.1 Å². The highest BCUT2D eigenvalue weighted by Crippen LogP contribution is 2.23. The van der Waals surface area contributed by atoms with E-state index in [9.17, 15) is 9.59 Å². The van der Waals surface area contributed by atoms with Crippen molar-refractivity contribution in [2.45, 2.75) is 45.2 Å². The van der Waals surface area contributed by atoms with Gasteiger partial charge in [0.05, 0.1) is 5.56 Å². The summed E-state index contributed by atoms with van der Waals surface area (Å²) < 4.78 is 5.11. The number of amides is 1. The van der Waals surface area contributed by atoms with Gasteiger partial charge >= 0.3 is 5.97 Å². The van der Waals surface area contributed by atoms with Gasteiger partial charge in [-0.2, -0.15) is 0 Å². The smallest absolute Gasteiger partial charge is 0.340 e. The Bertz CT molecular complexity index is 567. The maximum Gasteiger partial charge on any atom is 0.340 e. The van der Waals surface area contributed by atoms with E-state index in [0.717, 1.165) is 19.3 Å². The first-order chi connectivity index (χ1) is 10.4. The number of carbonyl (C=O) groups is 2. The van der Waals surface area contributed by atoms with Crippen molar-refractivity contribution in [3.63, 3.8) is 0 Å². The topological polar surface area (TPSA) is 72.6 Å². The molecule has 2 atom stereocenters. The van der Waals surface area contributed by atoms with Crippen LogP contribution in [0.2, 0.25) is 5.02 Å². The van der Waals surface area contributed by atoms with Crippen molar-refractivity contribution in [2.24, 2.45) is 0 Å². The molecule has 1 aromatic rings. The van der Waals surface area contributed by atoms with Crippen molar-refractivity contribution in [1.82, 2.24) is 4.90 Å². The quantitative estimate of drug-likeness (QED) is 0.685. The van der Waals surface area contributed by atoms with E-state index in [4.69, 9.17) is 22.1 Å². The van der Waals surface area contributed by atoms with Gasteiger partial charge in [-0.15, -0.1) is 0 Å². The van der Waals surface area contributed by atoms with Gasteiger partial charge in [-0.05, 0) is 51.3 Å². The fraction of sp³-hybridized carbons (Fsp3) is 0.500. The van der Waals surface area contributed by atoms with Crippen LogP contribution in [-0.4, -0.2) is 35.5 Å². The summed E-state index contributed by atoms with van der Waals surface area (Å²) in [5, 5.41) is 0.445. The summed E-state index contributed by atoms with van der Waals surface area (Å²) in [6, 6.07) is 4.89. The second-order valence-corrected chi connectivity index (χ2v) is 6.17. The average molecular weight is 325 g/mol. The SMILES string of the molecule is C[C@H]1CCC[C@H](C)N1C(=O)COC(=O)c1ccc(Cl)cc1N. The molecule has 1 heterocycles. The van der Waals surface area contributed by atoms with E-state index in [2.05, 4.69) is 0 Å². The molecule has 120 valence electrons. The summed E-state index contributed by atoms with van der Waals surface area (Å²) in [5.74, 6) is -0.777. The van der Waals surface area contributed by atoms with Crippen LogP contribution in [0.3, 0.4) is 0 Å². The van der Waals surface area contributed by atoms with Crippen LogP contribution >= 0.6 is 11.6 Å². The van der Waals surface area contributed by atoms with E-state index in [1.807, 2.05) is 18.7 Å². The number of likely N-dealkylation sites (tertiary alicyclic amines) is 1. The molecular weight excluding hydrogens is 304 g/mol. The Kier molecular flexibility index (Phi) is 5.29. The number of anilines is 1. The third-order valence-corrected chi connectivity index (χ3v) is 4.28. The van der Waals surface area contributed by atoms with Gasteiger partial charge in [-0.1, -0.05) is 11.6 Å². The number of piperidine rings is 1. The highest BCUT2D eigenvalue weighted by Gasteiger charge is 2.29. The molecule has 6 heteroatoms. The molecule has 1 aliphatic heterocycles. The standard InChI is InChI=1S/C16H21ClN2O3/c1-10-4-3-5-11(2)19(10)15(20)9-22-16(21)13-7-6-12(17)8-14(13)18/h6-8,10-11H,3-5,9,18H2,1-2H3/t10-,11-/m0/s1. The predicted octanol–water partition coefficient (Wildman–Crippen LogP) is 2.87. The van der Waals surface area contributed by atoms with Crippen LogP contribution in [0.25, 0.3) is 0 Å². The van der Waals surface area contributed by atoms with Crippen LogP contribution in [0.15, 0.2) is 18.2 Å². The molecule has 1 aromatic carbocycles. The van der Waals surface area contributed by atoms with Crippen LogP contribution in [0.4, 0.5) is 5.69 Å². The van der Waals surface area contributed by atoms with Gasteiger partial charge in [0.15, 0.2) is 6.61 Å². The first kappa shape index (κ1) is 16.6. The zero-order valence-electron chi connectivity index (χ0n) is 12.8. The minimum atomic E-state index is -0.611. The number of esters is 1. The Balaban J connectivity index is 1.97. The van der Waals surface area contributed by atoms with Gasteiger partial charge in [0.25, 0.3) is 5.91 Å². The van der Waals surface area contributed by atoms with Gasteiger partial charge < -0.3 is 15.4 Å². The number of rotatable bonds is 3. The Labute approximate surface area is 135 Å². The molecule has 0 bridgehead atoms. The van der Waals surface area contributed by atoms with Crippen LogP contribution in [-0.2, 0) is 9.53 Å². The predicted molar refractivity (Wildman–Crippen MR) is 85.8 cm³/mol. The Morgan fingerprint density at radius 1 is 1.32 bits per heavy atom. The minimum Gasteiger partial charge on any atom is -0.452 e. The highest BCUT2D eigenvalue weighted by molar-refractivity contribution is 6.31. The molecule has 1 amide bonds. The number of carbonyl (C=O) groups excluding carboxylic acids is 2. The van der Waals surface area contributed by atoms with Gasteiger partial charge in [0.1, 0.15) is 0 Å². The third-order valence-electron chi connectivity index (χ3n) is 4.04. The number of ether oxygens (including phenoxy) is 1. The first-order valence-electron chi connectivity index (χ1n) is 7.43. The Morgan fingerprint density at radius 3 is 2.55 bits per heavy atom. The van der Waals surface area contributed by atoms with E-state index in [-0.39, 0.29) is 35.8 Å². The van der Waals surface area contributed by atoms with Crippen molar-refractivity contribution in [3.8, 4) is 0 Å². The molecule has 22 heavy (non-hydrogen) atoms. The summed E-state index contributed by atoms with van der Waals surface area (Å²) in [6.07, 6.45) is 3.08. The number of hydrogen-bond donors (Lipinski definition) is 1. The lowest BCUT2D eigenvalue weighted by Crippen LogP contribution is -2.49. The Hall–Kier alpha value is -1.75. The number of halogens is 1. The molecule has 2 N–H and O–H groups in total. The third kappa shape index (κ3) is 3.71. The van der Waals surface area contributed by atoms with Crippen molar-refractivity contribution in [1.29, 1.82) is 0 Å². The summed E-state index contributed by atoms with van der Waals surface area (Å²) in [7, 11) is 0. The molecule has 1 fully saturated rings. The largest absolute Gasteiger partial charge is 0.452 e. The number of hydrogen-bond acceptors (Lipinski definition) is 4. The second-order valence-electron chi connectivity index (χ2n) is 5.74. The van der Waals surface area contributed by atoms with Crippen LogP contribution in [0.5, 0.6) is 0 Å². The van der Waals surface area contributed by atoms with E-state index in [1.54, 1.807) is 6.07 Å². The van der Waals surface area contributed by atoms with Crippen molar-refractivity contribution >= 4 is 29.2 Å². The Morgan fingerprint density at radius 2 is 1.95 bits per heavy atom. The number of nitrogen functional groups attached to an aromatic ring is 1. The van der Waals surface area contributed by atoms with Crippen molar-refractivity contribution < 1.29 is 14.3 Å². The normalized spacial score (nSPS) is 21.5. The maximum atomic E-state index is 12.3. The number of nitrogens with zero attached hydrogens (tertiary/aromatic N) is 1. The van der Waals surface area contributed by atoms with Crippen LogP contribution in [0.1, 0.15) is 43.5 Å². The molecule has 1 aliphatic rings. The molecule has 0 spiro atoms. The lowest BCUT2D eigenvalue weighted by Gasteiger charge is -2.38. The lowest BCUT2D eigenvalue weighted by atomic mass is 9.97. The molecule has 0 unspecified atom stereocenters. The fourth-order valence-electron chi connectivity index (χ4n) is 2.91. The average Bonchev–Trinajstić information content (AvgIpc) is 2.44. The minimum absolute atomic E-state index is 0.166. The van der Waals surface area contributed by atoms with Gasteiger partial charge in [0, 0.05) is 22.8 Å². The molecule has 1 saturated heterocycles. The van der Waals surface area contributed by atoms with Gasteiger partial charge in [-0.25, -0.2) is 4.79 Å². The summed E-state index contributed by atoms with van der Waals surface area (Å²) in [5.41, 5.74) is 6.19. The molecule has 0 aliphatic carbocycles. The van der Waals surface area contributed by atoms with E-state index in [0.29, 0.717) is 5.02 Å². The highest BCUT2D eigenvalue weighted by atomic mass is 35.5. The maximum absolute atomic E-state index is 12.3. The summed E-state index contributed by atoms with van der Waals surface area (Å²) >= 11 is 5.79. The van der Waals surface area contributed by atoms with Crippen LogP contribution in [0, 0.1) is 0 Å². The first-order valence-corrected chi connectivity index (χ1v) is 7.81. The zero-order valence-corrected chi connectivity index (χ0v) is 13.6. The molecule has 0 aromatic heterocycles. The van der Waals surface area contributed by atoms with Crippen molar-refractivity contribution in [3.05, 3.63) is 28.8 Å². The van der Waals surface area contributed by atoms with E-state index >= 15 is 0 Å². The number of nitrogens with two attached hydrogens (primary N) is 1. The molecular formula is C16H21ClN2O3. The summed E-state index contributed by atoms with van der Waals surface area (Å²) in [4.78, 5) is 26.1. The fourth-order valence-corrected chi connectivity index (χ4v) is 3.09. The zero-order chi connectivity index (χ0) is 16.3. The monoisotopic (exact) mass is 324 g/mol. The molecule has 0 radical (unpaired) electrons. The summed E-state index contributed by atoms with van der Waals surface area (Å²) in [6.45, 7) is 3.77. The molecule has 0 saturated carbocycles. The second kappa shape index (κ2) is 7.01. The van der Waals surface area contributed by atoms with Crippen molar-refractivity contribution in [2.75, 3.05) is 12.3 Å².